The van der Waals surface area contributed by atoms with Crippen molar-refractivity contribution in [3.05, 3.63) is 96.1 Å². The number of ether oxygens (including phenoxy) is 4. The lowest BCUT2D eigenvalue weighted by atomic mass is 10.0. The van der Waals surface area contributed by atoms with Crippen LogP contribution in [0.25, 0.3) is 11.1 Å². The molecule has 0 heterocycles. The van der Waals surface area contributed by atoms with Gasteiger partial charge in [-0.3, -0.25) is 9.98 Å². The van der Waals surface area contributed by atoms with Crippen LogP contribution in [0.2, 0.25) is 0 Å². The van der Waals surface area contributed by atoms with Gasteiger partial charge >= 0.3 is 0 Å². The average Bonchev–Trinajstić information content (AvgIpc) is 3.07. The van der Waals surface area contributed by atoms with E-state index in [2.05, 4.69) is 23.8 Å². The monoisotopic (exact) mass is 592 g/mol. The van der Waals surface area contributed by atoms with Gasteiger partial charge in [0.25, 0.3) is 0 Å². The predicted molar refractivity (Wildman–Crippen MR) is 182 cm³/mol. The Labute approximate surface area is 262 Å². The molecule has 6 heteroatoms. The van der Waals surface area contributed by atoms with Crippen LogP contribution >= 0.6 is 0 Å². The van der Waals surface area contributed by atoms with Gasteiger partial charge < -0.3 is 18.9 Å². The van der Waals surface area contributed by atoms with E-state index < -0.39 is 0 Å². The summed E-state index contributed by atoms with van der Waals surface area (Å²) < 4.78 is 23.0. The molecule has 0 bridgehead atoms. The molecule has 0 radical (unpaired) electrons. The second kappa shape index (κ2) is 17.5. The highest BCUT2D eigenvalue weighted by Gasteiger charge is 2.09. The first-order chi connectivity index (χ1) is 21.6. The van der Waals surface area contributed by atoms with Crippen molar-refractivity contribution >= 4 is 23.8 Å². The van der Waals surface area contributed by atoms with Crippen LogP contribution in [0.5, 0.6) is 23.0 Å². The van der Waals surface area contributed by atoms with Gasteiger partial charge in [0.1, 0.15) is 34.4 Å². The van der Waals surface area contributed by atoms with Gasteiger partial charge in [0, 0.05) is 12.4 Å². The van der Waals surface area contributed by atoms with Crippen LogP contribution in [-0.4, -0.2) is 39.9 Å². The highest BCUT2D eigenvalue weighted by atomic mass is 16.5. The van der Waals surface area contributed by atoms with Crippen LogP contribution in [0.1, 0.15) is 63.5 Å². The number of hydrogen-bond acceptors (Lipinski definition) is 6. The fourth-order valence-electron chi connectivity index (χ4n) is 4.60. The molecule has 0 spiro atoms. The van der Waals surface area contributed by atoms with Crippen molar-refractivity contribution in [2.75, 3.05) is 27.4 Å². The third-order valence-electron chi connectivity index (χ3n) is 7.19. The number of nitrogens with zero attached hydrogens (tertiary/aromatic N) is 2. The second-order valence-electron chi connectivity index (χ2n) is 10.5. The van der Waals surface area contributed by atoms with Gasteiger partial charge in [-0.2, -0.15) is 0 Å². The molecule has 0 aliphatic heterocycles. The van der Waals surface area contributed by atoms with Gasteiger partial charge in [0.05, 0.1) is 27.4 Å². The molecule has 0 fully saturated rings. The molecule has 0 atom stereocenters. The minimum Gasteiger partial charge on any atom is -0.494 e. The third-order valence-corrected chi connectivity index (χ3v) is 7.19. The Hall–Kier alpha value is -4.58. The molecular weight excluding hydrogens is 548 g/mol. The van der Waals surface area contributed by atoms with Crippen molar-refractivity contribution < 1.29 is 18.9 Å². The molecule has 0 saturated carbocycles. The van der Waals surface area contributed by atoms with E-state index in [1.54, 1.807) is 14.2 Å². The molecule has 44 heavy (non-hydrogen) atoms. The van der Waals surface area contributed by atoms with E-state index in [1.165, 1.54) is 25.7 Å². The molecule has 4 aromatic carbocycles. The Morgan fingerprint density at radius 2 is 0.932 bits per heavy atom. The van der Waals surface area contributed by atoms with Crippen molar-refractivity contribution in [3.63, 3.8) is 0 Å². The van der Waals surface area contributed by atoms with Gasteiger partial charge in [0.15, 0.2) is 0 Å². The molecule has 0 unspecified atom stereocenters. The molecule has 0 aliphatic rings. The fourth-order valence-corrected chi connectivity index (χ4v) is 4.60. The van der Waals surface area contributed by atoms with Crippen LogP contribution in [0.3, 0.4) is 0 Å². The van der Waals surface area contributed by atoms with E-state index in [-0.39, 0.29) is 0 Å². The summed E-state index contributed by atoms with van der Waals surface area (Å²) in [6.45, 7) is 5.87. The van der Waals surface area contributed by atoms with Crippen molar-refractivity contribution in [1.82, 2.24) is 0 Å². The molecule has 4 aromatic rings. The SMILES string of the molecule is CCCCCOc1ccc(C=Nc2ccc(-c3ccc(N=Cc4ccc(OCCCCC)cc4)c(OC)c3)cc2OC)cc1. The summed E-state index contributed by atoms with van der Waals surface area (Å²) in [5.74, 6) is 3.14. The average molecular weight is 593 g/mol. The van der Waals surface area contributed by atoms with Gasteiger partial charge in [-0.05, 0) is 108 Å². The summed E-state index contributed by atoms with van der Waals surface area (Å²) in [4.78, 5) is 9.37. The van der Waals surface area contributed by atoms with Gasteiger partial charge in [-0.15, -0.1) is 0 Å². The number of rotatable bonds is 17. The lowest BCUT2D eigenvalue weighted by molar-refractivity contribution is 0.306. The van der Waals surface area contributed by atoms with Crippen LogP contribution in [0.4, 0.5) is 11.4 Å². The summed E-state index contributed by atoms with van der Waals surface area (Å²) in [6, 6.07) is 27.9. The van der Waals surface area contributed by atoms with Crippen LogP contribution in [-0.2, 0) is 0 Å². The highest BCUT2D eigenvalue weighted by molar-refractivity contribution is 5.85. The number of unbranched alkanes of at least 4 members (excludes halogenated alkanes) is 4. The molecule has 0 amide bonds. The van der Waals surface area contributed by atoms with E-state index in [1.807, 2.05) is 97.4 Å². The highest BCUT2D eigenvalue weighted by Crippen LogP contribution is 2.37. The van der Waals surface area contributed by atoms with E-state index in [9.17, 15) is 0 Å². The van der Waals surface area contributed by atoms with Crippen molar-refractivity contribution in [2.45, 2.75) is 52.4 Å². The minimum atomic E-state index is 0.688. The number of benzene rings is 4. The Balaban J connectivity index is 1.41. The Morgan fingerprint density at radius 1 is 0.523 bits per heavy atom. The Bertz CT molecular complexity index is 1380. The summed E-state index contributed by atoms with van der Waals surface area (Å²) in [5.41, 5.74) is 5.47. The van der Waals surface area contributed by atoms with Crippen molar-refractivity contribution in [1.29, 1.82) is 0 Å². The molecule has 0 aliphatic carbocycles. The lowest BCUT2D eigenvalue weighted by Gasteiger charge is -2.11. The van der Waals surface area contributed by atoms with E-state index in [0.29, 0.717) is 11.5 Å². The Morgan fingerprint density at radius 3 is 1.30 bits per heavy atom. The zero-order valence-corrected chi connectivity index (χ0v) is 26.4. The second-order valence-corrected chi connectivity index (χ2v) is 10.5. The molecule has 4 rings (SSSR count). The maximum absolute atomic E-state index is 5.81. The van der Waals surface area contributed by atoms with Crippen LogP contribution in [0.15, 0.2) is 94.9 Å². The van der Waals surface area contributed by atoms with E-state index >= 15 is 0 Å². The molecule has 0 saturated heterocycles. The lowest BCUT2D eigenvalue weighted by Crippen LogP contribution is -1.96. The predicted octanol–water partition coefficient (Wildman–Crippen LogP) is 10.0. The van der Waals surface area contributed by atoms with Crippen molar-refractivity contribution in [2.24, 2.45) is 9.98 Å². The van der Waals surface area contributed by atoms with E-state index in [0.717, 1.165) is 71.2 Å². The summed E-state index contributed by atoms with van der Waals surface area (Å²) in [7, 11) is 3.32. The van der Waals surface area contributed by atoms with Gasteiger partial charge in [-0.1, -0.05) is 51.7 Å². The molecule has 0 aromatic heterocycles. The van der Waals surface area contributed by atoms with Gasteiger partial charge in [-0.25, -0.2) is 0 Å². The topological polar surface area (TPSA) is 61.6 Å². The van der Waals surface area contributed by atoms with Gasteiger partial charge in [0.2, 0.25) is 0 Å². The summed E-state index contributed by atoms with van der Waals surface area (Å²) >= 11 is 0. The number of aliphatic imine (C=N–C) groups is 2. The summed E-state index contributed by atoms with van der Waals surface area (Å²) in [6.07, 6.45) is 10.6. The number of hydrogen-bond donors (Lipinski definition) is 0. The quantitative estimate of drug-likeness (QED) is 0.0904. The van der Waals surface area contributed by atoms with E-state index in [4.69, 9.17) is 18.9 Å². The maximum atomic E-state index is 5.81. The fraction of sp³-hybridized carbons (Fsp3) is 0.316. The molecule has 6 nitrogen and oxygen atoms in total. The minimum absolute atomic E-state index is 0.688. The first-order valence-electron chi connectivity index (χ1n) is 15.5. The standard InChI is InChI=1S/C38H44N2O4/c1-5-7-9-23-43-33-17-11-29(12-18-33)27-39-35-21-15-31(25-37(35)41-3)32-16-22-36(38(26-32)42-4)40-28-30-13-19-34(20-14-30)44-24-10-8-6-2/h11-22,25-28H,5-10,23-24H2,1-4H3. The van der Waals surface area contributed by atoms with Crippen molar-refractivity contribution in [3.8, 4) is 34.1 Å². The number of methoxy groups -OCH3 is 2. The van der Waals surface area contributed by atoms with Crippen LogP contribution < -0.4 is 18.9 Å². The molecule has 230 valence electrons. The molecule has 0 N–H and O–H groups in total. The maximum Gasteiger partial charge on any atom is 0.145 e. The normalized spacial score (nSPS) is 11.3. The third kappa shape index (κ3) is 9.73. The summed E-state index contributed by atoms with van der Waals surface area (Å²) in [5, 5.41) is 0. The largest absolute Gasteiger partial charge is 0.494 e. The Kier molecular flexibility index (Phi) is 12.9. The zero-order valence-electron chi connectivity index (χ0n) is 26.4. The molecular formula is C38H44N2O4. The smallest absolute Gasteiger partial charge is 0.145 e. The zero-order chi connectivity index (χ0) is 31.0. The van der Waals surface area contributed by atoms with Crippen LogP contribution in [0, 0.1) is 0 Å². The first kappa shape index (κ1) is 32.3. The first-order valence-corrected chi connectivity index (χ1v) is 15.5.